The number of carbonyl (C=O) groups excluding carboxylic acids is 2. The van der Waals surface area contributed by atoms with Gasteiger partial charge in [-0.3, -0.25) is 4.79 Å². The summed E-state index contributed by atoms with van der Waals surface area (Å²) < 4.78 is 4.93. The van der Waals surface area contributed by atoms with Crippen molar-refractivity contribution in [3.8, 4) is 0 Å². The van der Waals surface area contributed by atoms with Gasteiger partial charge < -0.3 is 10.1 Å². The van der Waals surface area contributed by atoms with Crippen LogP contribution in [0, 0.1) is 0 Å². The molecular weight excluding hydrogens is 325 g/mol. The van der Waals surface area contributed by atoms with Gasteiger partial charge >= 0.3 is 5.97 Å². The molecule has 1 fully saturated rings. The molecule has 0 aromatic heterocycles. The normalized spacial score (nSPS) is 17.4. The highest BCUT2D eigenvalue weighted by atomic mass is 35.5. The van der Waals surface area contributed by atoms with E-state index >= 15 is 0 Å². The molecule has 1 aliphatic rings. The number of benzene rings is 1. The monoisotopic (exact) mass is 343 g/mol. The van der Waals surface area contributed by atoms with E-state index in [0.717, 1.165) is 25.7 Å². The minimum atomic E-state index is -0.978. The quantitative estimate of drug-likeness (QED) is 0.666. The maximum absolute atomic E-state index is 12.6. The first-order valence-electron chi connectivity index (χ1n) is 7.34. The Balaban J connectivity index is 2.28. The molecule has 0 spiro atoms. The second-order valence-electron chi connectivity index (χ2n) is 5.57. The number of hydrogen-bond acceptors (Lipinski definition) is 3. The standard InChI is InChI=1S/C16H19Cl2NO3/c1-22-15(21)16(8-4-2-3-5-9-16)19-14(20)12-10-11(17)6-7-13(12)18/h6-7,10H,2-5,8-9H2,1H3,(H,19,20). The molecule has 0 unspecified atom stereocenters. The SMILES string of the molecule is COC(=O)C1(NC(=O)c2cc(Cl)ccc2Cl)CCCCCC1. The number of ether oxygens (including phenoxy) is 1. The van der Waals surface area contributed by atoms with E-state index in [-0.39, 0.29) is 5.56 Å². The zero-order chi connectivity index (χ0) is 16.2. The van der Waals surface area contributed by atoms with Gasteiger partial charge in [0.15, 0.2) is 0 Å². The van der Waals surface area contributed by atoms with E-state index in [9.17, 15) is 9.59 Å². The lowest BCUT2D eigenvalue weighted by atomic mass is 9.89. The molecule has 2 rings (SSSR count). The van der Waals surface area contributed by atoms with Gasteiger partial charge in [-0.25, -0.2) is 4.79 Å². The molecular formula is C16H19Cl2NO3. The number of esters is 1. The summed E-state index contributed by atoms with van der Waals surface area (Å²) in [6.07, 6.45) is 4.99. The Labute approximate surface area is 140 Å². The van der Waals surface area contributed by atoms with Crippen molar-refractivity contribution in [1.82, 2.24) is 5.32 Å². The fraction of sp³-hybridized carbons (Fsp3) is 0.500. The summed E-state index contributed by atoms with van der Waals surface area (Å²) >= 11 is 12.0. The molecule has 1 aromatic carbocycles. The molecule has 1 saturated carbocycles. The summed E-state index contributed by atoms with van der Waals surface area (Å²) in [6.45, 7) is 0. The molecule has 0 aliphatic heterocycles. The third-order valence-corrected chi connectivity index (χ3v) is 4.62. The van der Waals surface area contributed by atoms with Crippen molar-refractivity contribution < 1.29 is 14.3 Å². The number of amides is 1. The first kappa shape index (κ1) is 17.1. The van der Waals surface area contributed by atoms with Gasteiger partial charge in [0.2, 0.25) is 0 Å². The summed E-state index contributed by atoms with van der Waals surface area (Å²) in [5.41, 5.74) is -0.713. The average Bonchev–Trinajstić information content (AvgIpc) is 2.75. The van der Waals surface area contributed by atoms with Crippen molar-refractivity contribution in [2.75, 3.05) is 7.11 Å². The van der Waals surface area contributed by atoms with Crippen molar-refractivity contribution in [1.29, 1.82) is 0 Å². The first-order chi connectivity index (χ1) is 10.5. The van der Waals surface area contributed by atoms with Gasteiger partial charge in [0.25, 0.3) is 5.91 Å². The minimum absolute atomic E-state index is 0.265. The van der Waals surface area contributed by atoms with Crippen LogP contribution in [-0.2, 0) is 9.53 Å². The van der Waals surface area contributed by atoms with Crippen LogP contribution in [0.25, 0.3) is 0 Å². The number of carbonyl (C=O) groups is 2. The Hall–Kier alpha value is -1.26. The summed E-state index contributed by atoms with van der Waals surface area (Å²) in [7, 11) is 1.34. The van der Waals surface area contributed by atoms with Crippen molar-refractivity contribution in [2.24, 2.45) is 0 Å². The van der Waals surface area contributed by atoms with Gasteiger partial charge in [-0.15, -0.1) is 0 Å². The summed E-state index contributed by atoms with van der Waals surface area (Å²) in [6, 6.07) is 4.68. The van der Waals surface area contributed by atoms with Crippen LogP contribution in [0.3, 0.4) is 0 Å². The third kappa shape index (κ3) is 3.73. The van der Waals surface area contributed by atoms with Crippen molar-refractivity contribution >= 4 is 35.1 Å². The number of hydrogen-bond donors (Lipinski definition) is 1. The van der Waals surface area contributed by atoms with Crippen LogP contribution in [-0.4, -0.2) is 24.5 Å². The maximum Gasteiger partial charge on any atom is 0.331 e. The molecule has 0 saturated heterocycles. The van der Waals surface area contributed by atoms with Gasteiger partial charge in [0.1, 0.15) is 5.54 Å². The van der Waals surface area contributed by atoms with Gasteiger partial charge in [-0.05, 0) is 31.0 Å². The lowest BCUT2D eigenvalue weighted by molar-refractivity contribution is -0.148. The van der Waals surface area contributed by atoms with Gasteiger partial charge in [0.05, 0.1) is 17.7 Å². The second kappa shape index (κ2) is 7.34. The summed E-state index contributed by atoms with van der Waals surface area (Å²) in [5.74, 6) is -0.805. The fourth-order valence-corrected chi connectivity index (χ4v) is 3.24. The predicted octanol–water partition coefficient (Wildman–Crippen LogP) is 3.99. The molecule has 4 nitrogen and oxygen atoms in total. The number of methoxy groups -OCH3 is 1. The highest BCUT2D eigenvalue weighted by molar-refractivity contribution is 6.35. The second-order valence-corrected chi connectivity index (χ2v) is 6.41. The zero-order valence-corrected chi connectivity index (χ0v) is 14.0. The Morgan fingerprint density at radius 2 is 1.77 bits per heavy atom. The predicted molar refractivity (Wildman–Crippen MR) is 86.4 cm³/mol. The Bertz CT molecular complexity index is 567. The van der Waals surface area contributed by atoms with E-state index in [1.807, 2.05) is 0 Å². The van der Waals surface area contributed by atoms with Crippen LogP contribution in [0.2, 0.25) is 10.0 Å². The van der Waals surface area contributed by atoms with Gasteiger partial charge in [-0.1, -0.05) is 48.9 Å². The molecule has 0 bridgehead atoms. The van der Waals surface area contributed by atoms with Gasteiger partial charge in [-0.2, -0.15) is 0 Å². The lowest BCUT2D eigenvalue weighted by Gasteiger charge is -2.31. The molecule has 0 radical (unpaired) electrons. The third-order valence-electron chi connectivity index (χ3n) is 4.06. The van der Waals surface area contributed by atoms with Crippen LogP contribution in [0.5, 0.6) is 0 Å². The molecule has 120 valence electrons. The van der Waals surface area contributed by atoms with Crippen LogP contribution in [0.4, 0.5) is 0 Å². The van der Waals surface area contributed by atoms with E-state index in [4.69, 9.17) is 27.9 Å². The van der Waals surface area contributed by atoms with Crippen LogP contribution < -0.4 is 5.32 Å². The van der Waals surface area contributed by atoms with E-state index in [1.165, 1.54) is 13.2 Å². The first-order valence-corrected chi connectivity index (χ1v) is 8.10. The topological polar surface area (TPSA) is 55.4 Å². The maximum atomic E-state index is 12.6. The zero-order valence-electron chi connectivity index (χ0n) is 12.5. The van der Waals surface area contributed by atoms with Crippen molar-refractivity contribution in [3.05, 3.63) is 33.8 Å². The molecule has 0 heterocycles. The molecule has 1 N–H and O–H groups in total. The van der Waals surface area contributed by atoms with Crippen molar-refractivity contribution in [2.45, 2.75) is 44.1 Å². The van der Waals surface area contributed by atoms with Crippen LogP contribution in [0.15, 0.2) is 18.2 Å². The molecule has 1 amide bonds. The number of nitrogens with one attached hydrogen (secondary N) is 1. The Kier molecular flexibility index (Phi) is 5.70. The average molecular weight is 344 g/mol. The number of halogens is 2. The minimum Gasteiger partial charge on any atom is -0.467 e. The molecule has 1 aromatic rings. The summed E-state index contributed by atoms with van der Waals surface area (Å²) in [5, 5.41) is 3.57. The molecule has 6 heteroatoms. The van der Waals surface area contributed by atoms with E-state index in [0.29, 0.717) is 22.9 Å². The summed E-state index contributed by atoms with van der Waals surface area (Å²) in [4.78, 5) is 24.8. The number of rotatable bonds is 3. The molecule has 1 aliphatic carbocycles. The van der Waals surface area contributed by atoms with Crippen LogP contribution >= 0.6 is 23.2 Å². The Morgan fingerprint density at radius 3 is 2.36 bits per heavy atom. The fourth-order valence-electron chi connectivity index (χ4n) is 2.86. The largest absolute Gasteiger partial charge is 0.467 e. The van der Waals surface area contributed by atoms with Crippen LogP contribution in [0.1, 0.15) is 48.9 Å². The highest BCUT2D eigenvalue weighted by Gasteiger charge is 2.41. The molecule has 0 atom stereocenters. The molecule has 22 heavy (non-hydrogen) atoms. The Morgan fingerprint density at radius 1 is 1.14 bits per heavy atom. The smallest absolute Gasteiger partial charge is 0.331 e. The van der Waals surface area contributed by atoms with E-state index < -0.39 is 17.4 Å². The van der Waals surface area contributed by atoms with E-state index in [1.54, 1.807) is 12.1 Å². The lowest BCUT2D eigenvalue weighted by Crippen LogP contribution is -2.54. The van der Waals surface area contributed by atoms with Crippen molar-refractivity contribution in [3.63, 3.8) is 0 Å². The van der Waals surface area contributed by atoms with E-state index in [2.05, 4.69) is 5.32 Å². The van der Waals surface area contributed by atoms with Gasteiger partial charge in [0, 0.05) is 5.02 Å². The highest BCUT2D eigenvalue weighted by Crippen LogP contribution is 2.30.